The SMILES string of the molecule is O=C(Nc1cnccn1)NC1(c2ccc(OC(F)(F)F)c(F)c2)CCOc2cccnc21. The molecule has 0 bridgehead atoms. The van der Waals surface area contributed by atoms with Gasteiger partial charge in [0.2, 0.25) is 0 Å². The number of alkyl halides is 3. The van der Waals surface area contributed by atoms with E-state index in [9.17, 15) is 22.4 Å². The summed E-state index contributed by atoms with van der Waals surface area (Å²) in [6.07, 6.45) is 0.668. The van der Waals surface area contributed by atoms with Crippen LogP contribution in [-0.4, -0.2) is 34.0 Å². The van der Waals surface area contributed by atoms with Gasteiger partial charge in [-0.05, 0) is 29.8 Å². The van der Waals surface area contributed by atoms with Crippen molar-refractivity contribution in [3.63, 3.8) is 0 Å². The summed E-state index contributed by atoms with van der Waals surface area (Å²) < 4.78 is 61.5. The molecule has 2 N–H and O–H groups in total. The van der Waals surface area contributed by atoms with Crippen LogP contribution in [0, 0.1) is 5.82 Å². The molecule has 4 rings (SSSR count). The van der Waals surface area contributed by atoms with Gasteiger partial charge in [-0.15, -0.1) is 13.2 Å². The molecule has 0 spiro atoms. The van der Waals surface area contributed by atoms with Gasteiger partial charge in [-0.3, -0.25) is 15.3 Å². The number of urea groups is 1. The molecular weight excluding hydrogens is 434 g/mol. The van der Waals surface area contributed by atoms with Crippen LogP contribution < -0.4 is 20.1 Å². The topological polar surface area (TPSA) is 98.3 Å². The maximum absolute atomic E-state index is 14.5. The summed E-state index contributed by atoms with van der Waals surface area (Å²) in [5, 5.41) is 5.27. The fourth-order valence-electron chi connectivity index (χ4n) is 3.41. The monoisotopic (exact) mass is 449 g/mol. The molecule has 3 aromatic rings. The van der Waals surface area contributed by atoms with E-state index in [2.05, 4.69) is 30.3 Å². The molecule has 32 heavy (non-hydrogen) atoms. The molecule has 3 heterocycles. The minimum Gasteiger partial charge on any atom is -0.491 e. The fraction of sp³-hybridized carbons (Fsp3) is 0.200. The summed E-state index contributed by atoms with van der Waals surface area (Å²) in [5.74, 6) is -1.74. The van der Waals surface area contributed by atoms with Gasteiger partial charge in [0, 0.05) is 25.0 Å². The molecule has 1 unspecified atom stereocenters. The molecule has 166 valence electrons. The Balaban J connectivity index is 1.74. The zero-order chi connectivity index (χ0) is 22.8. The van der Waals surface area contributed by atoms with Crippen LogP contribution in [0.25, 0.3) is 0 Å². The van der Waals surface area contributed by atoms with Crippen LogP contribution in [-0.2, 0) is 5.54 Å². The Bertz CT molecular complexity index is 1130. The lowest BCUT2D eigenvalue weighted by Gasteiger charge is -2.38. The van der Waals surface area contributed by atoms with Gasteiger partial charge in [0.1, 0.15) is 17.0 Å². The van der Waals surface area contributed by atoms with Crippen molar-refractivity contribution in [1.82, 2.24) is 20.3 Å². The second-order valence-electron chi connectivity index (χ2n) is 6.72. The molecule has 1 aromatic carbocycles. The summed E-state index contributed by atoms with van der Waals surface area (Å²) in [7, 11) is 0. The van der Waals surface area contributed by atoms with Crippen LogP contribution in [0.5, 0.6) is 11.5 Å². The highest BCUT2D eigenvalue weighted by Gasteiger charge is 2.43. The van der Waals surface area contributed by atoms with Crippen LogP contribution in [0.4, 0.5) is 28.2 Å². The molecule has 1 aliphatic rings. The summed E-state index contributed by atoms with van der Waals surface area (Å²) in [4.78, 5) is 24.9. The van der Waals surface area contributed by atoms with E-state index in [1.807, 2.05) is 0 Å². The van der Waals surface area contributed by atoms with Crippen molar-refractivity contribution < 1.29 is 31.8 Å². The molecule has 8 nitrogen and oxygen atoms in total. The largest absolute Gasteiger partial charge is 0.573 e. The second kappa shape index (κ2) is 8.29. The molecule has 0 saturated carbocycles. The number of carbonyl (C=O) groups is 1. The Kier molecular flexibility index (Phi) is 5.51. The van der Waals surface area contributed by atoms with E-state index >= 15 is 0 Å². The Morgan fingerprint density at radius 3 is 2.72 bits per heavy atom. The number of hydrogen-bond acceptors (Lipinski definition) is 6. The Labute approximate surface area is 178 Å². The lowest BCUT2D eigenvalue weighted by Crippen LogP contribution is -2.51. The van der Waals surface area contributed by atoms with Crippen molar-refractivity contribution in [3.05, 3.63) is 72.2 Å². The van der Waals surface area contributed by atoms with Gasteiger partial charge in [-0.25, -0.2) is 14.2 Å². The van der Waals surface area contributed by atoms with Gasteiger partial charge in [0.25, 0.3) is 0 Å². The highest BCUT2D eigenvalue weighted by molar-refractivity contribution is 5.89. The third-order valence-electron chi connectivity index (χ3n) is 4.69. The van der Waals surface area contributed by atoms with Crippen LogP contribution in [0.15, 0.2) is 55.1 Å². The highest BCUT2D eigenvalue weighted by atomic mass is 19.4. The molecule has 1 atom stereocenters. The molecule has 0 radical (unpaired) electrons. The third-order valence-corrected chi connectivity index (χ3v) is 4.69. The zero-order valence-electron chi connectivity index (χ0n) is 16.2. The summed E-state index contributed by atoms with van der Waals surface area (Å²) >= 11 is 0. The van der Waals surface area contributed by atoms with Gasteiger partial charge < -0.3 is 14.8 Å². The number of aromatic nitrogens is 3. The zero-order valence-corrected chi connectivity index (χ0v) is 16.2. The van der Waals surface area contributed by atoms with Crippen molar-refractivity contribution in [3.8, 4) is 11.5 Å². The molecule has 1 aliphatic heterocycles. The molecule has 0 aliphatic carbocycles. The normalized spacial score (nSPS) is 17.6. The molecule has 12 heteroatoms. The van der Waals surface area contributed by atoms with Crippen molar-refractivity contribution in [2.75, 3.05) is 11.9 Å². The number of ether oxygens (including phenoxy) is 2. The number of pyridine rings is 1. The number of fused-ring (bicyclic) bond motifs is 1. The highest BCUT2D eigenvalue weighted by Crippen LogP contribution is 2.41. The van der Waals surface area contributed by atoms with E-state index in [0.717, 1.165) is 12.1 Å². The number of carbonyl (C=O) groups excluding carboxylic acids is 1. The number of nitrogens with zero attached hydrogens (tertiary/aromatic N) is 3. The first-order valence-electron chi connectivity index (χ1n) is 9.26. The maximum atomic E-state index is 14.5. The fourth-order valence-corrected chi connectivity index (χ4v) is 3.41. The molecular formula is C20H15F4N5O3. The Morgan fingerprint density at radius 1 is 1.16 bits per heavy atom. The summed E-state index contributed by atoms with van der Waals surface area (Å²) in [6, 6.07) is 5.48. The van der Waals surface area contributed by atoms with Crippen molar-refractivity contribution in [2.24, 2.45) is 0 Å². The number of anilines is 1. The van der Waals surface area contributed by atoms with E-state index in [0.29, 0.717) is 5.75 Å². The van der Waals surface area contributed by atoms with Gasteiger partial charge >= 0.3 is 12.4 Å². The van der Waals surface area contributed by atoms with Crippen LogP contribution in [0.3, 0.4) is 0 Å². The van der Waals surface area contributed by atoms with Crippen molar-refractivity contribution in [1.29, 1.82) is 0 Å². The van der Waals surface area contributed by atoms with E-state index in [1.165, 1.54) is 30.9 Å². The number of nitrogens with one attached hydrogen (secondary N) is 2. The van der Waals surface area contributed by atoms with E-state index < -0.39 is 29.5 Å². The van der Waals surface area contributed by atoms with Crippen molar-refractivity contribution in [2.45, 2.75) is 18.3 Å². The number of amides is 2. The lowest BCUT2D eigenvalue weighted by molar-refractivity contribution is -0.275. The average Bonchev–Trinajstić information content (AvgIpc) is 2.75. The maximum Gasteiger partial charge on any atom is 0.573 e. The number of rotatable bonds is 4. The predicted octanol–water partition coefficient (Wildman–Crippen LogP) is 3.76. The van der Waals surface area contributed by atoms with Gasteiger partial charge in [0.15, 0.2) is 17.4 Å². The van der Waals surface area contributed by atoms with Gasteiger partial charge in [-0.2, -0.15) is 0 Å². The van der Waals surface area contributed by atoms with E-state index in [-0.39, 0.29) is 30.1 Å². The van der Waals surface area contributed by atoms with Crippen LogP contribution in [0.2, 0.25) is 0 Å². The first kappa shape index (κ1) is 21.3. The minimum absolute atomic E-state index is 0.129. The second-order valence-corrected chi connectivity index (χ2v) is 6.72. The van der Waals surface area contributed by atoms with Crippen LogP contribution in [0.1, 0.15) is 17.7 Å². The van der Waals surface area contributed by atoms with Gasteiger partial charge in [0.05, 0.1) is 12.8 Å². The Hall–Kier alpha value is -3.96. The third kappa shape index (κ3) is 4.38. The number of hydrogen-bond donors (Lipinski definition) is 2. The molecule has 0 saturated heterocycles. The van der Waals surface area contributed by atoms with E-state index in [4.69, 9.17) is 4.74 Å². The quantitative estimate of drug-likeness (QED) is 0.589. The van der Waals surface area contributed by atoms with Crippen LogP contribution >= 0.6 is 0 Å². The summed E-state index contributed by atoms with van der Waals surface area (Å²) in [6.45, 7) is 0.131. The standard InChI is InChI=1S/C20H15F4N5O3/c21-13-10-12(3-4-14(13)32-20(22,23)24)19(5-9-31-15-2-1-6-27-17(15)19)29-18(30)28-16-11-25-7-8-26-16/h1-4,6-8,10-11H,5,9H2,(H2,26,28,29,30). The first-order valence-corrected chi connectivity index (χ1v) is 9.26. The minimum atomic E-state index is -5.05. The van der Waals surface area contributed by atoms with Crippen molar-refractivity contribution >= 4 is 11.8 Å². The predicted molar refractivity (Wildman–Crippen MR) is 102 cm³/mol. The molecule has 2 amide bonds. The number of benzene rings is 1. The van der Waals surface area contributed by atoms with E-state index in [1.54, 1.807) is 12.1 Å². The molecule has 0 fully saturated rings. The molecule has 2 aromatic heterocycles. The first-order chi connectivity index (χ1) is 15.3. The average molecular weight is 449 g/mol. The Morgan fingerprint density at radius 2 is 2.00 bits per heavy atom. The lowest BCUT2D eigenvalue weighted by atomic mass is 9.81. The summed E-state index contributed by atoms with van der Waals surface area (Å²) in [5.41, 5.74) is -0.981. The number of halogens is 4. The smallest absolute Gasteiger partial charge is 0.491 e. The van der Waals surface area contributed by atoms with Gasteiger partial charge in [-0.1, -0.05) is 6.07 Å².